The average Bonchev–Trinajstić information content (AvgIpc) is 3.12. The highest BCUT2D eigenvalue weighted by Crippen LogP contribution is 2.40. The summed E-state index contributed by atoms with van der Waals surface area (Å²) in [5.41, 5.74) is 0.932. The van der Waals surface area contributed by atoms with E-state index in [1.165, 1.54) is 0 Å². The first-order valence-corrected chi connectivity index (χ1v) is 10.1. The number of hydrogen-bond acceptors (Lipinski definition) is 6. The highest BCUT2D eigenvalue weighted by atomic mass is 19.4. The Morgan fingerprint density at radius 3 is 2.63 bits per heavy atom. The zero-order valence-electron chi connectivity index (χ0n) is 17.2. The fraction of sp³-hybridized carbons (Fsp3) is 0.524. The van der Waals surface area contributed by atoms with E-state index in [0.717, 1.165) is 31.0 Å². The summed E-state index contributed by atoms with van der Waals surface area (Å²) in [7, 11) is 0. The van der Waals surface area contributed by atoms with E-state index in [1.807, 2.05) is 6.92 Å². The summed E-state index contributed by atoms with van der Waals surface area (Å²) in [6, 6.07) is 1.14. The number of rotatable bonds is 4. The fourth-order valence-corrected chi connectivity index (χ4v) is 3.97. The SMILES string of the molecule is Cc1ncc(CN2CCC[C@H](c3noc4nc(C(C)C)cc(C(F)(F)F)c34)C2)cn1. The lowest BCUT2D eigenvalue weighted by Crippen LogP contribution is -2.34. The van der Waals surface area contributed by atoms with E-state index < -0.39 is 11.7 Å². The van der Waals surface area contributed by atoms with Gasteiger partial charge < -0.3 is 4.52 Å². The number of pyridine rings is 1. The van der Waals surface area contributed by atoms with E-state index in [9.17, 15) is 13.2 Å². The first-order valence-electron chi connectivity index (χ1n) is 10.1. The molecule has 0 aromatic carbocycles. The molecular formula is C21H24F3N5O. The Kier molecular flexibility index (Phi) is 5.48. The normalized spacial score (nSPS) is 18.4. The Morgan fingerprint density at radius 1 is 1.23 bits per heavy atom. The maximum Gasteiger partial charge on any atom is 0.417 e. The number of likely N-dealkylation sites (tertiary alicyclic amines) is 1. The molecule has 0 saturated carbocycles. The minimum absolute atomic E-state index is 0.00239. The van der Waals surface area contributed by atoms with Crippen molar-refractivity contribution in [1.29, 1.82) is 0 Å². The lowest BCUT2D eigenvalue weighted by Gasteiger charge is -2.31. The maximum atomic E-state index is 13.9. The summed E-state index contributed by atoms with van der Waals surface area (Å²) >= 11 is 0. The minimum atomic E-state index is -4.50. The van der Waals surface area contributed by atoms with Crippen LogP contribution >= 0.6 is 0 Å². The molecule has 0 N–H and O–H groups in total. The van der Waals surface area contributed by atoms with Crippen LogP contribution in [-0.2, 0) is 12.7 Å². The Bertz CT molecular complexity index is 1030. The van der Waals surface area contributed by atoms with Crippen molar-refractivity contribution in [3.05, 3.63) is 46.8 Å². The van der Waals surface area contributed by atoms with E-state index in [1.54, 1.807) is 26.2 Å². The third kappa shape index (κ3) is 4.16. The lowest BCUT2D eigenvalue weighted by molar-refractivity contribution is -0.136. The number of fused-ring (bicyclic) bond motifs is 1. The summed E-state index contributed by atoms with van der Waals surface area (Å²) < 4.78 is 46.9. The Balaban J connectivity index is 1.66. The summed E-state index contributed by atoms with van der Waals surface area (Å²) in [5, 5.41) is 4.06. The Labute approximate surface area is 172 Å². The van der Waals surface area contributed by atoms with E-state index >= 15 is 0 Å². The second-order valence-electron chi connectivity index (χ2n) is 8.21. The average molecular weight is 419 g/mol. The molecule has 0 amide bonds. The molecule has 30 heavy (non-hydrogen) atoms. The smallest absolute Gasteiger partial charge is 0.336 e. The largest absolute Gasteiger partial charge is 0.417 e. The summed E-state index contributed by atoms with van der Waals surface area (Å²) in [6.45, 7) is 7.54. The Hall–Kier alpha value is -2.55. The number of aromatic nitrogens is 4. The standard InChI is InChI=1S/C21H24F3N5O/c1-12(2)17-7-16(21(22,23)24)18-19(28-30-20(18)27-17)15-5-4-6-29(11-15)10-14-8-25-13(3)26-9-14/h7-9,12,15H,4-6,10-11H2,1-3H3/t15-/m0/s1. The van der Waals surface area contributed by atoms with Gasteiger partial charge in [0.25, 0.3) is 5.71 Å². The highest BCUT2D eigenvalue weighted by Gasteiger charge is 2.38. The van der Waals surface area contributed by atoms with Gasteiger partial charge in [-0.2, -0.15) is 13.2 Å². The van der Waals surface area contributed by atoms with Gasteiger partial charge in [-0.05, 0) is 38.3 Å². The predicted molar refractivity (Wildman–Crippen MR) is 105 cm³/mol. The molecular weight excluding hydrogens is 395 g/mol. The van der Waals surface area contributed by atoms with Crippen LogP contribution in [0.25, 0.3) is 11.1 Å². The molecule has 1 atom stereocenters. The molecule has 1 aliphatic rings. The van der Waals surface area contributed by atoms with Crippen LogP contribution < -0.4 is 0 Å². The molecule has 9 heteroatoms. The van der Waals surface area contributed by atoms with E-state index in [0.29, 0.717) is 30.3 Å². The highest BCUT2D eigenvalue weighted by molar-refractivity contribution is 5.81. The topological polar surface area (TPSA) is 67.9 Å². The van der Waals surface area contributed by atoms with Gasteiger partial charge in [0.05, 0.1) is 16.6 Å². The fourth-order valence-electron chi connectivity index (χ4n) is 3.97. The van der Waals surface area contributed by atoms with Gasteiger partial charge in [0.1, 0.15) is 5.82 Å². The van der Waals surface area contributed by atoms with Crippen LogP contribution in [0.3, 0.4) is 0 Å². The molecule has 1 fully saturated rings. The van der Waals surface area contributed by atoms with Crippen molar-refractivity contribution in [2.45, 2.75) is 58.2 Å². The van der Waals surface area contributed by atoms with Crippen LogP contribution in [-0.4, -0.2) is 38.1 Å². The van der Waals surface area contributed by atoms with E-state index in [-0.39, 0.29) is 22.9 Å². The summed E-state index contributed by atoms with van der Waals surface area (Å²) in [4.78, 5) is 14.9. The van der Waals surface area contributed by atoms with Crippen molar-refractivity contribution in [3.63, 3.8) is 0 Å². The molecule has 0 bridgehead atoms. The van der Waals surface area contributed by atoms with Crippen LogP contribution in [0.1, 0.15) is 66.9 Å². The molecule has 0 aliphatic carbocycles. The molecule has 0 unspecified atom stereocenters. The van der Waals surface area contributed by atoms with Crippen molar-refractivity contribution >= 4 is 11.1 Å². The zero-order chi connectivity index (χ0) is 21.5. The minimum Gasteiger partial charge on any atom is -0.336 e. The molecule has 3 aromatic rings. The second kappa shape index (κ2) is 7.94. The van der Waals surface area contributed by atoms with E-state index in [2.05, 4.69) is 25.0 Å². The monoisotopic (exact) mass is 419 g/mol. The number of piperidine rings is 1. The number of hydrogen-bond donors (Lipinski definition) is 0. The third-order valence-electron chi connectivity index (χ3n) is 5.52. The molecule has 3 aromatic heterocycles. The molecule has 4 rings (SSSR count). The van der Waals surface area contributed by atoms with Gasteiger partial charge in [0.15, 0.2) is 0 Å². The third-order valence-corrected chi connectivity index (χ3v) is 5.52. The van der Waals surface area contributed by atoms with Crippen molar-refractivity contribution in [3.8, 4) is 0 Å². The van der Waals surface area contributed by atoms with Crippen molar-refractivity contribution in [2.75, 3.05) is 13.1 Å². The number of nitrogens with zero attached hydrogens (tertiary/aromatic N) is 5. The number of alkyl halides is 3. The van der Waals surface area contributed by atoms with Crippen LogP contribution in [0.2, 0.25) is 0 Å². The maximum absolute atomic E-state index is 13.9. The molecule has 4 heterocycles. The van der Waals surface area contributed by atoms with Crippen molar-refractivity contribution in [1.82, 2.24) is 25.0 Å². The number of aryl methyl sites for hydroxylation is 1. The van der Waals surface area contributed by atoms with E-state index in [4.69, 9.17) is 4.52 Å². The van der Waals surface area contributed by atoms with Gasteiger partial charge >= 0.3 is 6.18 Å². The first-order chi connectivity index (χ1) is 14.2. The molecule has 1 aliphatic heterocycles. The first kappa shape index (κ1) is 20.7. The van der Waals surface area contributed by atoms with Gasteiger partial charge in [0.2, 0.25) is 0 Å². The zero-order valence-corrected chi connectivity index (χ0v) is 17.2. The van der Waals surface area contributed by atoms with Crippen LogP contribution in [0, 0.1) is 6.92 Å². The van der Waals surface area contributed by atoms with Gasteiger partial charge in [-0.3, -0.25) is 4.90 Å². The molecule has 1 saturated heterocycles. The van der Waals surface area contributed by atoms with Gasteiger partial charge in [-0.25, -0.2) is 15.0 Å². The van der Waals surface area contributed by atoms with Crippen LogP contribution in [0.4, 0.5) is 13.2 Å². The second-order valence-corrected chi connectivity index (χ2v) is 8.21. The van der Waals surface area contributed by atoms with Gasteiger partial charge in [-0.15, -0.1) is 0 Å². The van der Waals surface area contributed by atoms with Crippen LogP contribution in [0.15, 0.2) is 23.0 Å². The lowest BCUT2D eigenvalue weighted by atomic mass is 9.91. The van der Waals surface area contributed by atoms with Crippen LogP contribution in [0.5, 0.6) is 0 Å². The molecule has 0 radical (unpaired) electrons. The molecule has 6 nitrogen and oxygen atoms in total. The summed E-state index contributed by atoms with van der Waals surface area (Å²) in [5.74, 6) is 0.405. The molecule has 160 valence electrons. The van der Waals surface area contributed by atoms with Crippen molar-refractivity contribution < 1.29 is 17.7 Å². The quantitative estimate of drug-likeness (QED) is 0.603. The van der Waals surface area contributed by atoms with Crippen molar-refractivity contribution in [2.24, 2.45) is 0 Å². The Morgan fingerprint density at radius 2 is 1.97 bits per heavy atom. The van der Waals surface area contributed by atoms with Gasteiger partial charge in [-0.1, -0.05) is 19.0 Å². The summed E-state index contributed by atoms with van der Waals surface area (Å²) in [6.07, 6.45) is 0.697. The number of halogens is 3. The predicted octanol–water partition coefficient (Wildman–Crippen LogP) is 4.84. The van der Waals surface area contributed by atoms with Gasteiger partial charge in [0, 0.05) is 42.7 Å². The molecule has 0 spiro atoms.